The van der Waals surface area contributed by atoms with Crippen LogP contribution in [0.5, 0.6) is 0 Å². The standard InChI is InChI=1S/C13H19N3O2/c1-16(9-11-4-2-3-7-18-11)10-5-6-15-12(8-10)13(14)17/h5-6,8,11H,2-4,7,9H2,1H3,(H2,14,17). The number of carbonyl (C=O) groups excluding carboxylic acids is 1. The van der Waals surface area contributed by atoms with E-state index in [9.17, 15) is 4.79 Å². The second kappa shape index (κ2) is 5.82. The molecule has 1 amide bonds. The second-order valence-corrected chi connectivity index (χ2v) is 4.63. The van der Waals surface area contributed by atoms with Crippen molar-refractivity contribution in [2.24, 2.45) is 5.73 Å². The van der Waals surface area contributed by atoms with Gasteiger partial charge in [0.15, 0.2) is 0 Å². The molecular weight excluding hydrogens is 230 g/mol. The summed E-state index contributed by atoms with van der Waals surface area (Å²) in [4.78, 5) is 17.1. The van der Waals surface area contributed by atoms with Gasteiger partial charge in [-0.2, -0.15) is 0 Å². The van der Waals surface area contributed by atoms with Gasteiger partial charge in [-0.25, -0.2) is 0 Å². The van der Waals surface area contributed by atoms with Crippen LogP contribution in [0.2, 0.25) is 0 Å². The molecule has 0 aromatic carbocycles. The van der Waals surface area contributed by atoms with E-state index in [-0.39, 0.29) is 6.10 Å². The molecular formula is C13H19N3O2. The summed E-state index contributed by atoms with van der Waals surface area (Å²) in [5, 5.41) is 0. The van der Waals surface area contributed by atoms with Crippen LogP contribution in [-0.2, 0) is 4.74 Å². The Bertz CT molecular complexity index is 416. The number of amides is 1. The molecule has 1 aliphatic heterocycles. The summed E-state index contributed by atoms with van der Waals surface area (Å²) >= 11 is 0. The molecule has 2 heterocycles. The van der Waals surface area contributed by atoms with Crippen molar-refractivity contribution in [3.05, 3.63) is 24.0 Å². The predicted octanol–water partition coefficient (Wildman–Crippen LogP) is 1.19. The molecule has 0 bridgehead atoms. The third-order valence-electron chi connectivity index (χ3n) is 3.19. The normalized spacial score (nSPS) is 19.5. The second-order valence-electron chi connectivity index (χ2n) is 4.63. The molecule has 0 radical (unpaired) electrons. The van der Waals surface area contributed by atoms with Crippen LogP contribution in [0.25, 0.3) is 0 Å². The minimum absolute atomic E-state index is 0.272. The lowest BCUT2D eigenvalue weighted by atomic mass is 10.1. The van der Waals surface area contributed by atoms with Crippen molar-refractivity contribution in [2.75, 3.05) is 25.1 Å². The van der Waals surface area contributed by atoms with Crippen molar-refractivity contribution >= 4 is 11.6 Å². The first-order valence-electron chi connectivity index (χ1n) is 6.25. The molecule has 1 atom stereocenters. The average Bonchev–Trinajstić information content (AvgIpc) is 2.40. The first-order valence-corrected chi connectivity index (χ1v) is 6.25. The van der Waals surface area contributed by atoms with Gasteiger partial charge in [0.1, 0.15) is 5.69 Å². The Morgan fingerprint density at radius 3 is 3.11 bits per heavy atom. The lowest BCUT2D eigenvalue weighted by Gasteiger charge is -2.28. The molecule has 18 heavy (non-hydrogen) atoms. The van der Waals surface area contributed by atoms with E-state index in [0.29, 0.717) is 5.69 Å². The Labute approximate surface area is 107 Å². The maximum Gasteiger partial charge on any atom is 0.267 e. The van der Waals surface area contributed by atoms with Gasteiger partial charge in [0, 0.05) is 32.1 Å². The van der Waals surface area contributed by atoms with Crippen molar-refractivity contribution in [3.63, 3.8) is 0 Å². The summed E-state index contributed by atoms with van der Waals surface area (Å²) < 4.78 is 5.70. The molecule has 1 unspecified atom stereocenters. The van der Waals surface area contributed by atoms with E-state index in [4.69, 9.17) is 10.5 Å². The van der Waals surface area contributed by atoms with E-state index < -0.39 is 5.91 Å². The van der Waals surface area contributed by atoms with Crippen LogP contribution in [0.15, 0.2) is 18.3 Å². The fourth-order valence-corrected chi connectivity index (χ4v) is 2.15. The quantitative estimate of drug-likeness (QED) is 0.870. The molecule has 0 aliphatic carbocycles. The van der Waals surface area contributed by atoms with E-state index in [1.807, 2.05) is 13.1 Å². The van der Waals surface area contributed by atoms with Crippen LogP contribution in [-0.4, -0.2) is 37.2 Å². The van der Waals surface area contributed by atoms with Gasteiger partial charge in [0.05, 0.1) is 6.10 Å². The number of anilines is 1. The topological polar surface area (TPSA) is 68.4 Å². The minimum Gasteiger partial charge on any atom is -0.376 e. The van der Waals surface area contributed by atoms with Gasteiger partial charge < -0.3 is 15.4 Å². The molecule has 2 N–H and O–H groups in total. The van der Waals surface area contributed by atoms with Gasteiger partial charge in [0.25, 0.3) is 5.91 Å². The SMILES string of the molecule is CN(CC1CCCCO1)c1ccnc(C(N)=O)c1. The third-order valence-corrected chi connectivity index (χ3v) is 3.19. The summed E-state index contributed by atoms with van der Waals surface area (Å²) in [6.07, 6.45) is 5.35. The molecule has 0 saturated carbocycles. The summed E-state index contributed by atoms with van der Waals surface area (Å²) in [5.41, 5.74) is 6.46. The van der Waals surface area contributed by atoms with Crippen LogP contribution in [0.4, 0.5) is 5.69 Å². The monoisotopic (exact) mass is 249 g/mol. The zero-order valence-corrected chi connectivity index (χ0v) is 10.6. The number of carbonyl (C=O) groups is 1. The fraction of sp³-hybridized carbons (Fsp3) is 0.538. The van der Waals surface area contributed by atoms with E-state index in [1.54, 1.807) is 12.3 Å². The summed E-state index contributed by atoms with van der Waals surface area (Å²) in [7, 11) is 1.98. The number of likely N-dealkylation sites (N-methyl/N-ethyl adjacent to an activating group) is 1. The Balaban J connectivity index is 2.01. The van der Waals surface area contributed by atoms with E-state index in [2.05, 4.69) is 9.88 Å². The van der Waals surface area contributed by atoms with E-state index in [0.717, 1.165) is 31.7 Å². The number of hydrogen-bond donors (Lipinski definition) is 1. The molecule has 2 rings (SSSR count). The zero-order valence-electron chi connectivity index (χ0n) is 10.6. The molecule has 1 aromatic rings. The first kappa shape index (κ1) is 12.8. The summed E-state index contributed by atoms with van der Waals surface area (Å²) in [6.45, 7) is 1.67. The third kappa shape index (κ3) is 3.20. The average molecular weight is 249 g/mol. The molecule has 0 spiro atoms. The Kier molecular flexibility index (Phi) is 4.15. The maximum atomic E-state index is 11.1. The molecule has 5 heteroatoms. The Hall–Kier alpha value is -1.62. The number of nitrogens with zero attached hydrogens (tertiary/aromatic N) is 2. The first-order chi connectivity index (χ1) is 8.66. The largest absolute Gasteiger partial charge is 0.376 e. The highest BCUT2D eigenvalue weighted by atomic mass is 16.5. The van der Waals surface area contributed by atoms with E-state index >= 15 is 0 Å². The fourth-order valence-electron chi connectivity index (χ4n) is 2.15. The predicted molar refractivity (Wildman–Crippen MR) is 69.6 cm³/mol. The molecule has 5 nitrogen and oxygen atoms in total. The number of hydrogen-bond acceptors (Lipinski definition) is 4. The number of nitrogens with two attached hydrogens (primary N) is 1. The van der Waals surface area contributed by atoms with Crippen molar-refractivity contribution in [1.82, 2.24) is 4.98 Å². The van der Waals surface area contributed by atoms with Crippen LogP contribution in [0.1, 0.15) is 29.8 Å². The lowest BCUT2D eigenvalue weighted by molar-refractivity contribution is 0.0216. The molecule has 1 fully saturated rings. The van der Waals surface area contributed by atoms with Crippen molar-refractivity contribution in [2.45, 2.75) is 25.4 Å². The van der Waals surface area contributed by atoms with Gasteiger partial charge in [-0.05, 0) is 31.4 Å². The number of rotatable bonds is 4. The van der Waals surface area contributed by atoms with Crippen LogP contribution >= 0.6 is 0 Å². The highest BCUT2D eigenvalue weighted by Crippen LogP contribution is 2.18. The van der Waals surface area contributed by atoms with Gasteiger partial charge >= 0.3 is 0 Å². The van der Waals surface area contributed by atoms with Crippen LogP contribution in [0.3, 0.4) is 0 Å². The molecule has 1 aromatic heterocycles. The molecule has 1 aliphatic rings. The number of pyridine rings is 1. The van der Waals surface area contributed by atoms with Gasteiger partial charge in [-0.3, -0.25) is 9.78 Å². The van der Waals surface area contributed by atoms with Gasteiger partial charge in [-0.15, -0.1) is 0 Å². The number of primary amides is 1. The molecule has 98 valence electrons. The minimum atomic E-state index is -0.501. The number of ether oxygens (including phenoxy) is 1. The number of aromatic nitrogens is 1. The molecule has 1 saturated heterocycles. The lowest BCUT2D eigenvalue weighted by Crippen LogP contribution is -2.33. The summed E-state index contributed by atoms with van der Waals surface area (Å²) in [5.74, 6) is -0.501. The van der Waals surface area contributed by atoms with E-state index in [1.165, 1.54) is 6.42 Å². The Morgan fingerprint density at radius 2 is 2.44 bits per heavy atom. The highest BCUT2D eigenvalue weighted by molar-refractivity contribution is 5.91. The van der Waals surface area contributed by atoms with Gasteiger partial charge in [0.2, 0.25) is 0 Å². The van der Waals surface area contributed by atoms with Crippen molar-refractivity contribution in [1.29, 1.82) is 0 Å². The highest BCUT2D eigenvalue weighted by Gasteiger charge is 2.16. The van der Waals surface area contributed by atoms with Crippen LogP contribution < -0.4 is 10.6 Å². The summed E-state index contributed by atoms with van der Waals surface area (Å²) in [6, 6.07) is 3.58. The smallest absolute Gasteiger partial charge is 0.267 e. The van der Waals surface area contributed by atoms with Crippen LogP contribution in [0, 0.1) is 0 Å². The Morgan fingerprint density at radius 1 is 1.61 bits per heavy atom. The van der Waals surface area contributed by atoms with Gasteiger partial charge in [-0.1, -0.05) is 0 Å². The van der Waals surface area contributed by atoms with Crippen molar-refractivity contribution in [3.8, 4) is 0 Å². The zero-order chi connectivity index (χ0) is 13.0. The maximum absolute atomic E-state index is 11.1. The van der Waals surface area contributed by atoms with Crippen molar-refractivity contribution < 1.29 is 9.53 Å².